The Labute approximate surface area is 199 Å². The Hall–Kier alpha value is -3.53. The van der Waals surface area contributed by atoms with Crippen molar-refractivity contribution in [3.8, 4) is 40.6 Å². The van der Waals surface area contributed by atoms with Crippen molar-refractivity contribution in [1.82, 2.24) is 9.97 Å². The normalized spacial score (nSPS) is 12.7. The number of carbonyl (C=O) groups is 1. The fraction of sp³-hybridized carbons (Fsp3) is 0.261. The molecule has 10 heteroatoms. The molecule has 9 nitrogen and oxygen atoms in total. The van der Waals surface area contributed by atoms with Crippen molar-refractivity contribution in [3.63, 3.8) is 0 Å². The van der Waals surface area contributed by atoms with E-state index in [2.05, 4.69) is 25.9 Å². The predicted molar refractivity (Wildman–Crippen MR) is 124 cm³/mol. The number of carbonyl (C=O) groups excluding carboxylic acids is 1. The summed E-state index contributed by atoms with van der Waals surface area (Å²) >= 11 is 3.37. The van der Waals surface area contributed by atoms with E-state index in [0.717, 1.165) is 24.1 Å². The third-order valence-electron chi connectivity index (χ3n) is 5.10. The molecule has 3 aromatic rings. The highest BCUT2D eigenvalue weighted by Gasteiger charge is 2.25. The van der Waals surface area contributed by atoms with Crippen LogP contribution in [0.15, 0.2) is 41.0 Å². The molecule has 0 spiro atoms. The SMILES string of the molecule is COc1cc(Oc2nc(Oc3cccc4c3N(C(C)=O)CCC4)ncc2Br)cc(O)c1OC. The number of methoxy groups -OCH3 is 2. The molecule has 0 aliphatic carbocycles. The zero-order valence-electron chi connectivity index (χ0n) is 18.3. The molecule has 0 bridgehead atoms. The molecule has 2 heterocycles. The van der Waals surface area contributed by atoms with E-state index in [-0.39, 0.29) is 35.0 Å². The predicted octanol–water partition coefficient (Wildman–Crippen LogP) is 4.85. The number of fused-ring (bicyclic) bond motifs is 1. The first-order chi connectivity index (χ1) is 15.9. The topological polar surface area (TPSA) is 103 Å². The number of phenolic OH excluding ortho intramolecular Hbond substituents is 1. The van der Waals surface area contributed by atoms with Crippen LogP contribution in [0.3, 0.4) is 0 Å². The van der Waals surface area contributed by atoms with Gasteiger partial charge in [0.15, 0.2) is 17.2 Å². The second kappa shape index (κ2) is 9.53. The number of amides is 1. The Morgan fingerprint density at radius 1 is 1.15 bits per heavy atom. The highest BCUT2D eigenvalue weighted by Crippen LogP contribution is 2.42. The van der Waals surface area contributed by atoms with E-state index in [1.165, 1.54) is 33.4 Å². The zero-order valence-corrected chi connectivity index (χ0v) is 19.9. The van der Waals surface area contributed by atoms with E-state index in [9.17, 15) is 9.90 Å². The van der Waals surface area contributed by atoms with Gasteiger partial charge in [-0.2, -0.15) is 4.98 Å². The minimum atomic E-state index is -0.145. The molecule has 0 fully saturated rings. The number of ether oxygens (including phenoxy) is 4. The molecule has 1 aliphatic heterocycles. The molecule has 4 rings (SSSR count). The summed E-state index contributed by atoms with van der Waals surface area (Å²) in [5.41, 5.74) is 1.76. The van der Waals surface area contributed by atoms with Gasteiger partial charge in [0, 0.05) is 25.6 Å². The van der Waals surface area contributed by atoms with Crippen molar-refractivity contribution in [2.75, 3.05) is 25.7 Å². The maximum Gasteiger partial charge on any atom is 0.325 e. The molecule has 2 aromatic carbocycles. The average molecular weight is 516 g/mol. The number of hydrogen-bond acceptors (Lipinski definition) is 8. The van der Waals surface area contributed by atoms with Crippen LogP contribution < -0.4 is 23.8 Å². The van der Waals surface area contributed by atoms with Gasteiger partial charge in [0.1, 0.15) is 5.75 Å². The van der Waals surface area contributed by atoms with E-state index < -0.39 is 0 Å². The molecule has 0 radical (unpaired) electrons. The quantitative estimate of drug-likeness (QED) is 0.496. The van der Waals surface area contributed by atoms with Crippen LogP contribution in [-0.4, -0.2) is 41.7 Å². The maximum absolute atomic E-state index is 12.2. The smallest absolute Gasteiger partial charge is 0.325 e. The van der Waals surface area contributed by atoms with Crippen LogP contribution in [0.2, 0.25) is 0 Å². The first kappa shape index (κ1) is 22.7. The monoisotopic (exact) mass is 515 g/mol. The first-order valence-electron chi connectivity index (χ1n) is 10.1. The fourth-order valence-electron chi connectivity index (χ4n) is 3.66. The van der Waals surface area contributed by atoms with Crippen molar-refractivity contribution in [3.05, 3.63) is 46.6 Å². The van der Waals surface area contributed by atoms with Crippen molar-refractivity contribution < 1.29 is 28.8 Å². The molecule has 1 aliphatic rings. The van der Waals surface area contributed by atoms with Gasteiger partial charge in [-0.3, -0.25) is 4.79 Å². The highest BCUT2D eigenvalue weighted by atomic mass is 79.9. The molecule has 0 saturated carbocycles. The van der Waals surface area contributed by atoms with Gasteiger partial charge in [-0.05, 0) is 40.4 Å². The van der Waals surface area contributed by atoms with Crippen LogP contribution in [0.1, 0.15) is 18.9 Å². The average Bonchev–Trinajstić information content (AvgIpc) is 2.80. The summed E-state index contributed by atoms with van der Waals surface area (Å²) in [6.07, 6.45) is 3.24. The Morgan fingerprint density at radius 2 is 1.97 bits per heavy atom. The summed E-state index contributed by atoms with van der Waals surface area (Å²) in [6, 6.07) is 8.62. The molecule has 0 saturated heterocycles. The Bertz CT molecular complexity index is 1200. The van der Waals surface area contributed by atoms with Crippen LogP contribution in [0.4, 0.5) is 5.69 Å². The summed E-state index contributed by atoms with van der Waals surface area (Å²) in [6.45, 7) is 2.16. The lowest BCUT2D eigenvalue weighted by molar-refractivity contribution is -0.116. The summed E-state index contributed by atoms with van der Waals surface area (Å²) in [5, 5.41) is 10.2. The molecule has 33 heavy (non-hydrogen) atoms. The minimum Gasteiger partial charge on any atom is -0.504 e. The van der Waals surface area contributed by atoms with Crippen LogP contribution >= 0.6 is 15.9 Å². The number of anilines is 1. The maximum atomic E-state index is 12.2. The lowest BCUT2D eigenvalue weighted by Gasteiger charge is -2.30. The summed E-state index contributed by atoms with van der Waals surface area (Å²) < 4.78 is 22.7. The molecule has 0 atom stereocenters. The largest absolute Gasteiger partial charge is 0.504 e. The number of aromatic nitrogens is 2. The molecule has 172 valence electrons. The number of halogens is 1. The molecule has 1 amide bonds. The lowest BCUT2D eigenvalue weighted by Crippen LogP contribution is -2.33. The van der Waals surface area contributed by atoms with Gasteiger partial charge in [0.25, 0.3) is 0 Å². The second-order valence-electron chi connectivity index (χ2n) is 7.23. The van der Waals surface area contributed by atoms with Gasteiger partial charge in [-0.15, -0.1) is 0 Å². The third kappa shape index (κ3) is 4.65. The Morgan fingerprint density at radius 3 is 2.70 bits per heavy atom. The fourth-order valence-corrected chi connectivity index (χ4v) is 3.93. The van der Waals surface area contributed by atoms with E-state index in [1.54, 1.807) is 17.0 Å². The van der Waals surface area contributed by atoms with Crippen molar-refractivity contribution in [2.45, 2.75) is 19.8 Å². The number of phenols is 1. The van der Waals surface area contributed by atoms with Crippen molar-refractivity contribution in [2.24, 2.45) is 0 Å². The molecule has 1 N–H and O–H groups in total. The Kier molecular flexibility index (Phi) is 6.55. The number of nitrogens with zero attached hydrogens (tertiary/aromatic N) is 3. The van der Waals surface area contributed by atoms with E-state index in [4.69, 9.17) is 18.9 Å². The number of hydrogen-bond donors (Lipinski definition) is 1. The van der Waals surface area contributed by atoms with Gasteiger partial charge < -0.3 is 29.0 Å². The molecule has 0 unspecified atom stereocenters. The van der Waals surface area contributed by atoms with Crippen LogP contribution in [0.25, 0.3) is 0 Å². The molecule has 1 aromatic heterocycles. The number of rotatable bonds is 6. The van der Waals surface area contributed by atoms with Gasteiger partial charge in [-0.1, -0.05) is 12.1 Å². The number of aromatic hydroxyl groups is 1. The van der Waals surface area contributed by atoms with Crippen LogP contribution in [0, 0.1) is 0 Å². The highest BCUT2D eigenvalue weighted by molar-refractivity contribution is 9.10. The lowest BCUT2D eigenvalue weighted by atomic mass is 10.0. The molecular formula is C23H22BrN3O6. The van der Waals surface area contributed by atoms with E-state index >= 15 is 0 Å². The van der Waals surface area contributed by atoms with Gasteiger partial charge in [0.05, 0.1) is 30.6 Å². The standard InChI is InChI=1S/C23H22BrN3O6/c1-13(28)27-9-5-7-14-6-4-8-18(20(14)27)33-23-25-12-16(24)22(26-23)32-15-10-17(29)21(31-3)19(11-15)30-2/h4,6,8,10-12,29H,5,7,9H2,1-3H3. The Balaban J connectivity index is 1.65. The zero-order chi connectivity index (χ0) is 23.5. The summed E-state index contributed by atoms with van der Waals surface area (Å²) in [4.78, 5) is 22.4. The minimum absolute atomic E-state index is 0.0420. The summed E-state index contributed by atoms with van der Waals surface area (Å²) in [5.74, 6) is 1.22. The van der Waals surface area contributed by atoms with E-state index in [0.29, 0.717) is 22.5 Å². The van der Waals surface area contributed by atoms with Gasteiger partial charge in [0.2, 0.25) is 17.5 Å². The molecular weight excluding hydrogens is 494 g/mol. The van der Waals surface area contributed by atoms with Gasteiger partial charge in [-0.25, -0.2) is 4.98 Å². The van der Waals surface area contributed by atoms with Crippen molar-refractivity contribution in [1.29, 1.82) is 0 Å². The summed E-state index contributed by atoms with van der Waals surface area (Å²) in [7, 11) is 2.89. The van der Waals surface area contributed by atoms with Crippen LogP contribution in [0.5, 0.6) is 40.6 Å². The van der Waals surface area contributed by atoms with Crippen molar-refractivity contribution >= 4 is 27.5 Å². The van der Waals surface area contributed by atoms with Gasteiger partial charge >= 0.3 is 6.01 Å². The number of aryl methyl sites for hydroxylation is 1. The third-order valence-corrected chi connectivity index (χ3v) is 5.64. The van der Waals surface area contributed by atoms with E-state index in [1.807, 2.05) is 12.1 Å². The first-order valence-corrected chi connectivity index (χ1v) is 10.9. The number of benzene rings is 2. The number of para-hydroxylation sites is 1. The second-order valence-corrected chi connectivity index (χ2v) is 8.08. The van der Waals surface area contributed by atoms with Crippen LogP contribution in [-0.2, 0) is 11.2 Å².